The van der Waals surface area contributed by atoms with Crippen LogP contribution in [0.15, 0.2) is 30.5 Å². The monoisotopic (exact) mass is 276 g/mol. The topological polar surface area (TPSA) is 62.2 Å². The van der Waals surface area contributed by atoms with Gasteiger partial charge in [-0.1, -0.05) is 26.0 Å². The van der Waals surface area contributed by atoms with Gasteiger partial charge in [0.05, 0.1) is 17.8 Å². The molecular weight excluding hydrogens is 260 g/mol. The highest BCUT2D eigenvalue weighted by Gasteiger charge is 2.12. The first-order valence-electron chi connectivity index (χ1n) is 6.07. The van der Waals surface area contributed by atoms with Crippen molar-refractivity contribution in [3.05, 3.63) is 45.9 Å². The van der Waals surface area contributed by atoms with E-state index in [1.807, 2.05) is 13.8 Å². The lowest BCUT2D eigenvalue weighted by Crippen LogP contribution is -2.10. The lowest BCUT2D eigenvalue weighted by molar-refractivity contribution is 0.103. The third kappa shape index (κ3) is 3.39. The highest BCUT2D eigenvalue weighted by molar-refractivity contribution is 7.13. The highest BCUT2D eigenvalue weighted by Crippen LogP contribution is 2.22. The van der Waals surface area contributed by atoms with Gasteiger partial charge in [0, 0.05) is 11.6 Å². The van der Waals surface area contributed by atoms with Gasteiger partial charge in [0.15, 0.2) is 0 Å². The first kappa shape index (κ1) is 13.7. The highest BCUT2D eigenvalue weighted by atomic mass is 32.1. The third-order valence-electron chi connectivity index (χ3n) is 2.61. The Bertz CT molecular complexity index is 578. The van der Waals surface area contributed by atoms with Crippen molar-refractivity contribution in [1.29, 1.82) is 0 Å². The molecule has 2 aromatic rings. The fourth-order valence-electron chi connectivity index (χ4n) is 1.60. The van der Waals surface area contributed by atoms with Crippen molar-refractivity contribution in [2.75, 3.05) is 5.32 Å². The zero-order valence-corrected chi connectivity index (χ0v) is 11.7. The molecule has 100 valence electrons. The van der Waals surface area contributed by atoms with Gasteiger partial charge in [-0.25, -0.2) is 4.98 Å². The van der Waals surface area contributed by atoms with Crippen LogP contribution in [0.5, 0.6) is 0 Å². The van der Waals surface area contributed by atoms with Crippen LogP contribution in [0.4, 0.5) is 5.69 Å². The van der Waals surface area contributed by atoms with Crippen LogP contribution >= 0.6 is 11.3 Å². The Morgan fingerprint density at radius 3 is 2.89 bits per heavy atom. The number of hydrogen-bond acceptors (Lipinski definition) is 4. The van der Waals surface area contributed by atoms with E-state index in [0.717, 1.165) is 10.6 Å². The van der Waals surface area contributed by atoms with Crippen LogP contribution in [0.1, 0.15) is 40.0 Å². The summed E-state index contributed by atoms with van der Waals surface area (Å²) in [5, 5.41) is 12.8. The summed E-state index contributed by atoms with van der Waals surface area (Å²) in [6.45, 7) is 4.05. The number of nitrogens with zero attached hydrogens (tertiary/aromatic N) is 1. The number of anilines is 1. The van der Waals surface area contributed by atoms with Crippen molar-refractivity contribution in [2.24, 2.45) is 0 Å². The minimum absolute atomic E-state index is 0.0399. The molecular formula is C14H16N2O2S. The summed E-state index contributed by atoms with van der Waals surface area (Å²) in [7, 11) is 0. The average molecular weight is 276 g/mol. The van der Waals surface area contributed by atoms with Gasteiger partial charge in [-0.15, -0.1) is 11.3 Å². The van der Waals surface area contributed by atoms with Crippen molar-refractivity contribution in [1.82, 2.24) is 4.98 Å². The van der Waals surface area contributed by atoms with Crippen LogP contribution in [0, 0.1) is 0 Å². The Labute approximate surface area is 116 Å². The van der Waals surface area contributed by atoms with Crippen LogP contribution in [-0.4, -0.2) is 16.0 Å². The van der Waals surface area contributed by atoms with E-state index in [4.69, 9.17) is 5.11 Å². The van der Waals surface area contributed by atoms with Crippen molar-refractivity contribution in [3.63, 3.8) is 0 Å². The first-order chi connectivity index (χ1) is 9.10. The summed E-state index contributed by atoms with van der Waals surface area (Å²) < 4.78 is 0. The minimum atomic E-state index is -0.167. The van der Waals surface area contributed by atoms with Gasteiger partial charge >= 0.3 is 0 Å². The molecule has 0 saturated heterocycles. The number of carbonyl (C=O) groups excluding carboxylic acids is 1. The number of aromatic nitrogens is 1. The molecule has 19 heavy (non-hydrogen) atoms. The van der Waals surface area contributed by atoms with Crippen molar-refractivity contribution >= 4 is 22.9 Å². The maximum Gasteiger partial charge on any atom is 0.267 e. The van der Waals surface area contributed by atoms with Crippen LogP contribution in [0.3, 0.4) is 0 Å². The molecule has 0 aliphatic heterocycles. The lowest BCUT2D eigenvalue weighted by Gasteiger charge is -2.04. The Kier molecular flexibility index (Phi) is 4.29. The molecule has 2 rings (SSSR count). The molecule has 0 bridgehead atoms. The van der Waals surface area contributed by atoms with E-state index in [-0.39, 0.29) is 12.5 Å². The van der Waals surface area contributed by atoms with Gasteiger partial charge in [-0.3, -0.25) is 4.79 Å². The third-order valence-corrected chi connectivity index (χ3v) is 3.91. The van der Waals surface area contributed by atoms with Gasteiger partial charge in [0.1, 0.15) is 4.88 Å². The number of nitrogens with one attached hydrogen (secondary N) is 1. The van der Waals surface area contributed by atoms with Crippen LogP contribution < -0.4 is 5.32 Å². The Hall–Kier alpha value is -1.72. The minimum Gasteiger partial charge on any atom is -0.392 e. The van der Waals surface area contributed by atoms with Crippen LogP contribution in [0.2, 0.25) is 0 Å². The normalized spacial score (nSPS) is 10.7. The van der Waals surface area contributed by atoms with Gasteiger partial charge in [-0.2, -0.15) is 0 Å². The van der Waals surface area contributed by atoms with Crippen molar-refractivity contribution in [3.8, 4) is 0 Å². The molecule has 0 saturated carbocycles. The van der Waals surface area contributed by atoms with E-state index in [9.17, 15) is 4.79 Å². The molecule has 1 amide bonds. The molecule has 0 unspecified atom stereocenters. The summed E-state index contributed by atoms with van der Waals surface area (Å²) in [5.41, 5.74) is 1.45. The summed E-state index contributed by atoms with van der Waals surface area (Å²) >= 11 is 1.41. The van der Waals surface area contributed by atoms with E-state index in [1.54, 1.807) is 30.5 Å². The summed E-state index contributed by atoms with van der Waals surface area (Å²) in [4.78, 5) is 16.9. The number of carbonyl (C=O) groups is 1. The Morgan fingerprint density at radius 2 is 2.26 bits per heavy atom. The number of rotatable bonds is 4. The molecule has 5 heteroatoms. The predicted octanol–water partition coefficient (Wildman–Crippen LogP) is 3.01. The molecule has 0 fully saturated rings. The number of aliphatic hydroxyl groups is 1. The zero-order valence-electron chi connectivity index (χ0n) is 10.9. The van der Waals surface area contributed by atoms with E-state index < -0.39 is 0 Å². The predicted molar refractivity (Wildman–Crippen MR) is 76.5 cm³/mol. The number of benzene rings is 1. The molecule has 0 radical (unpaired) electrons. The van der Waals surface area contributed by atoms with Crippen LogP contribution in [0.25, 0.3) is 0 Å². The van der Waals surface area contributed by atoms with E-state index in [2.05, 4.69) is 10.3 Å². The Balaban J connectivity index is 2.11. The molecule has 0 aliphatic carbocycles. The molecule has 4 nitrogen and oxygen atoms in total. The van der Waals surface area contributed by atoms with Crippen LogP contribution in [-0.2, 0) is 6.61 Å². The summed E-state index contributed by atoms with van der Waals surface area (Å²) in [5.74, 6) is 0.156. The van der Waals surface area contributed by atoms with Gasteiger partial charge < -0.3 is 10.4 Å². The zero-order chi connectivity index (χ0) is 13.8. The maximum absolute atomic E-state index is 12.0. The largest absolute Gasteiger partial charge is 0.392 e. The fourth-order valence-corrected chi connectivity index (χ4v) is 2.42. The number of hydrogen-bond donors (Lipinski definition) is 2. The van der Waals surface area contributed by atoms with Gasteiger partial charge in [0.25, 0.3) is 5.91 Å². The molecule has 0 aliphatic rings. The summed E-state index contributed by atoms with van der Waals surface area (Å²) in [6, 6.07) is 7.15. The fraction of sp³-hybridized carbons (Fsp3) is 0.286. The van der Waals surface area contributed by atoms with E-state index in [1.165, 1.54) is 11.3 Å². The van der Waals surface area contributed by atoms with Gasteiger partial charge in [0.2, 0.25) is 0 Å². The van der Waals surface area contributed by atoms with E-state index >= 15 is 0 Å². The van der Waals surface area contributed by atoms with Gasteiger partial charge in [-0.05, 0) is 17.7 Å². The van der Waals surface area contributed by atoms with E-state index in [0.29, 0.717) is 16.5 Å². The smallest absolute Gasteiger partial charge is 0.267 e. The molecule has 1 aromatic heterocycles. The second kappa shape index (κ2) is 5.95. The number of amides is 1. The SMILES string of the molecule is CC(C)c1ncc(C(=O)Nc2cccc(CO)c2)s1. The molecule has 1 heterocycles. The second-order valence-electron chi connectivity index (χ2n) is 4.53. The molecule has 0 atom stereocenters. The quantitative estimate of drug-likeness (QED) is 0.902. The maximum atomic E-state index is 12.0. The Morgan fingerprint density at radius 1 is 1.47 bits per heavy atom. The number of thiazole rings is 1. The van der Waals surface area contributed by atoms with Crippen molar-refractivity contribution in [2.45, 2.75) is 26.4 Å². The first-order valence-corrected chi connectivity index (χ1v) is 6.88. The standard InChI is InChI=1S/C14H16N2O2S/c1-9(2)14-15-7-12(19-14)13(18)16-11-5-3-4-10(6-11)8-17/h3-7,9,17H,8H2,1-2H3,(H,16,18). The van der Waals surface area contributed by atoms with Crippen molar-refractivity contribution < 1.29 is 9.90 Å². The molecule has 1 aromatic carbocycles. The second-order valence-corrected chi connectivity index (χ2v) is 5.59. The number of aliphatic hydroxyl groups excluding tert-OH is 1. The average Bonchev–Trinajstić information content (AvgIpc) is 2.89. The molecule has 0 spiro atoms. The summed E-state index contributed by atoms with van der Waals surface area (Å²) in [6.07, 6.45) is 1.60. The molecule has 2 N–H and O–H groups in total. The lowest BCUT2D eigenvalue weighted by atomic mass is 10.2.